The number of rotatable bonds is 8. The number of benzene rings is 2. The molecule has 1 unspecified atom stereocenters. The van der Waals surface area contributed by atoms with Crippen LogP contribution in [0, 0.1) is 0 Å². The number of carbonyl (C=O) groups is 1. The highest BCUT2D eigenvalue weighted by Crippen LogP contribution is 2.31. The Balaban J connectivity index is 1.27. The van der Waals surface area contributed by atoms with Gasteiger partial charge in [0.05, 0.1) is 19.3 Å². The third-order valence-electron chi connectivity index (χ3n) is 6.42. The predicted octanol–water partition coefficient (Wildman–Crippen LogP) is 3.66. The van der Waals surface area contributed by atoms with Crippen LogP contribution in [0.15, 0.2) is 42.5 Å². The highest BCUT2D eigenvalue weighted by atomic mass is 16.5. The molecule has 2 aliphatic rings. The molecule has 1 fully saturated rings. The van der Waals surface area contributed by atoms with E-state index in [0.29, 0.717) is 0 Å². The average molecular weight is 438 g/mol. The SMILES string of the molecule is CCCOc1ccc(N2CCN(CCC3OCCc4cc(C(=O)NC)ccc43)CC2)cc1. The second-order valence-corrected chi connectivity index (χ2v) is 8.56. The van der Waals surface area contributed by atoms with E-state index in [-0.39, 0.29) is 12.0 Å². The Kier molecular flexibility index (Phi) is 7.66. The lowest BCUT2D eigenvalue weighted by molar-refractivity contribution is 0.0288. The first-order chi connectivity index (χ1) is 15.7. The number of carbonyl (C=O) groups excluding carboxylic acids is 1. The van der Waals surface area contributed by atoms with Gasteiger partial charge in [-0.2, -0.15) is 0 Å². The van der Waals surface area contributed by atoms with Crippen LogP contribution in [0.1, 0.15) is 47.4 Å². The number of nitrogens with one attached hydrogen (secondary N) is 1. The maximum Gasteiger partial charge on any atom is 0.251 e. The van der Waals surface area contributed by atoms with Gasteiger partial charge >= 0.3 is 0 Å². The van der Waals surface area contributed by atoms with E-state index in [2.05, 4.69) is 52.4 Å². The van der Waals surface area contributed by atoms with Crippen molar-refractivity contribution in [3.8, 4) is 5.75 Å². The summed E-state index contributed by atoms with van der Waals surface area (Å²) in [5.74, 6) is 0.918. The Morgan fingerprint density at radius 3 is 2.62 bits per heavy atom. The zero-order valence-corrected chi connectivity index (χ0v) is 19.3. The van der Waals surface area contributed by atoms with Crippen molar-refractivity contribution in [2.24, 2.45) is 0 Å². The summed E-state index contributed by atoms with van der Waals surface area (Å²) < 4.78 is 11.8. The monoisotopic (exact) mass is 437 g/mol. The molecule has 0 radical (unpaired) electrons. The van der Waals surface area contributed by atoms with E-state index >= 15 is 0 Å². The lowest BCUT2D eigenvalue weighted by Gasteiger charge is -2.37. The Hall–Kier alpha value is -2.57. The summed E-state index contributed by atoms with van der Waals surface area (Å²) in [5, 5.41) is 2.71. The lowest BCUT2D eigenvalue weighted by Crippen LogP contribution is -2.46. The highest BCUT2D eigenvalue weighted by molar-refractivity contribution is 5.94. The van der Waals surface area contributed by atoms with Gasteiger partial charge in [0, 0.05) is 51.0 Å². The van der Waals surface area contributed by atoms with Gasteiger partial charge in [0.2, 0.25) is 0 Å². The molecule has 1 atom stereocenters. The zero-order chi connectivity index (χ0) is 22.3. The number of piperazine rings is 1. The normalized spacial score (nSPS) is 18.8. The van der Waals surface area contributed by atoms with Gasteiger partial charge in [-0.05, 0) is 66.8 Å². The number of hydrogen-bond acceptors (Lipinski definition) is 5. The van der Waals surface area contributed by atoms with Crippen LogP contribution in [-0.4, -0.2) is 63.8 Å². The van der Waals surface area contributed by atoms with Gasteiger partial charge < -0.3 is 19.7 Å². The Bertz CT molecular complexity index is 892. The minimum absolute atomic E-state index is 0.0307. The van der Waals surface area contributed by atoms with Gasteiger partial charge in [-0.3, -0.25) is 9.69 Å². The molecule has 0 spiro atoms. The summed E-state index contributed by atoms with van der Waals surface area (Å²) in [5.41, 5.74) is 4.49. The Labute approximate surface area is 191 Å². The van der Waals surface area contributed by atoms with Crippen LogP contribution in [0.2, 0.25) is 0 Å². The molecule has 6 heteroatoms. The average Bonchev–Trinajstić information content (AvgIpc) is 2.86. The third kappa shape index (κ3) is 5.43. The van der Waals surface area contributed by atoms with Crippen molar-refractivity contribution in [2.45, 2.75) is 32.3 Å². The molecule has 2 heterocycles. The number of nitrogens with zero attached hydrogens (tertiary/aromatic N) is 2. The minimum atomic E-state index is -0.0307. The Morgan fingerprint density at radius 2 is 1.91 bits per heavy atom. The molecule has 2 aliphatic heterocycles. The second kappa shape index (κ2) is 10.8. The molecule has 32 heavy (non-hydrogen) atoms. The largest absolute Gasteiger partial charge is 0.494 e. The maximum atomic E-state index is 11.9. The van der Waals surface area contributed by atoms with Gasteiger partial charge in [0.1, 0.15) is 5.75 Å². The fraction of sp³-hybridized carbons (Fsp3) is 0.500. The van der Waals surface area contributed by atoms with E-state index < -0.39 is 0 Å². The van der Waals surface area contributed by atoms with Crippen LogP contribution >= 0.6 is 0 Å². The number of hydrogen-bond donors (Lipinski definition) is 1. The summed E-state index contributed by atoms with van der Waals surface area (Å²) in [6.45, 7) is 8.82. The van der Waals surface area contributed by atoms with E-state index in [9.17, 15) is 4.79 Å². The van der Waals surface area contributed by atoms with Gasteiger partial charge in [0.25, 0.3) is 5.91 Å². The van der Waals surface area contributed by atoms with Gasteiger partial charge in [-0.15, -0.1) is 0 Å². The number of amides is 1. The number of fused-ring (bicyclic) bond motifs is 1. The zero-order valence-electron chi connectivity index (χ0n) is 19.3. The lowest BCUT2D eigenvalue weighted by atomic mass is 9.93. The predicted molar refractivity (Wildman–Crippen MR) is 128 cm³/mol. The van der Waals surface area contributed by atoms with E-state index in [4.69, 9.17) is 9.47 Å². The number of anilines is 1. The first-order valence-electron chi connectivity index (χ1n) is 11.8. The molecular formula is C26H35N3O3. The molecule has 1 saturated heterocycles. The van der Waals surface area contributed by atoms with Crippen molar-refractivity contribution < 1.29 is 14.3 Å². The second-order valence-electron chi connectivity index (χ2n) is 8.56. The molecule has 2 aromatic carbocycles. The minimum Gasteiger partial charge on any atom is -0.494 e. The topological polar surface area (TPSA) is 54.0 Å². The van der Waals surface area contributed by atoms with Crippen LogP contribution in [0.3, 0.4) is 0 Å². The summed E-state index contributed by atoms with van der Waals surface area (Å²) in [6.07, 6.45) is 3.00. The number of ether oxygens (including phenoxy) is 2. The standard InChI is InChI=1S/C26H35N3O3/c1-3-17-31-23-7-5-22(6-8-23)29-15-13-28(14-16-29)12-10-25-24-9-4-21(26(30)27-2)19-20(24)11-18-32-25/h4-9,19,25H,3,10-18H2,1-2H3,(H,27,30). The molecule has 1 N–H and O–H groups in total. The van der Waals surface area contributed by atoms with E-state index in [1.165, 1.54) is 16.8 Å². The summed E-state index contributed by atoms with van der Waals surface area (Å²) in [7, 11) is 1.67. The maximum absolute atomic E-state index is 11.9. The smallest absolute Gasteiger partial charge is 0.251 e. The highest BCUT2D eigenvalue weighted by Gasteiger charge is 2.24. The van der Waals surface area contributed by atoms with Crippen molar-refractivity contribution in [1.82, 2.24) is 10.2 Å². The fourth-order valence-electron chi connectivity index (χ4n) is 4.56. The first-order valence-corrected chi connectivity index (χ1v) is 11.8. The molecule has 4 rings (SSSR count). The van der Waals surface area contributed by atoms with E-state index in [1.54, 1.807) is 7.05 Å². The third-order valence-corrected chi connectivity index (χ3v) is 6.42. The van der Waals surface area contributed by atoms with Crippen LogP contribution in [0.4, 0.5) is 5.69 Å². The Morgan fingerprint density at radius 1 is 1.12 bits per heavy atom. The van der Waals surface area contributed by atoms with Crippen LogP contribution in [0.25, 0.3) is 0 Å². The summed E-state index contributed by atoms with van der Waals surface area (Å²) in [6, 6.07) is 14.5. The van der Waals surface area contributed by atoms with Gasteiger partial charge in [-0.25, -0.2) is 0 Å². The van der Waals surface area contributed by atoms with Gasteiger partial charge in [0.15, 0.2) is 0 Å². The molecule has 0 saturated carbocycles. The fourth-order valence-corrected chi connectivity index (χ4v) is 4.56. The molecule has 0 aromatic heterocycles. The molecule has 2 aromatic rings. The molecule has 0 bridgehead atoms. The van der Waals surface area contributed by atoms with Crippen molar-refractivity contribution in [1.29, 1.82) is 0 Å². The first kappa shape index (κ1) is 22.6. The quantitative estimate of drug-likeness (QED) is 0.683. The van der Waals surface area contributed by atoms with E-state index in [0.717, 1.165) is 76.5 Å². The molecule has 0 aliphatic carbocycles. The van der Waals surface area contributed by atoms with Crippen LogP contribution in [0.5, 0.6) is 5.75 Å². The van der Waals surface area contributed by atoms with Crippen molar-refractivity contribution in [3.63, 3.8) is 0 Å². The van der Waals surface area contributed by atoms with Gasteiger partial charge in [-0.1, -0.05) is 13.0 Å². The van der Waals surface area contributed by atoms with Crippen molar-refractivity contribution in [2.75, 3.05) is 57.9 Å². The van der Waals surface area contributed by atoms with Crippen LogP contribution < -0.4 is 15.0 Å². The van der Waals surface area contributed by atoms with Crippen molar-refractivity contribution in [3.05, 3.63) is 59.2 Å². The summed E-state index contributed by atoms with van der Waals surface area (Å²) in [4.78, 5) is 16.9. The molecule has 1 amide bonds. The molecule has 172 valence electrons. The van der Waals surface area contributed by atoms with E-state index in [1.807, 2.05) is 12.1 Å². The van der Waals surface area contributed by atoms with Crippen molar-refractivity contribution >= 4 is 11.6 Å². The molecular weight excluding hydrogens is 402 g/mol. The van der Waals surface area contributed by atoms with Crippen LogP contribution in [-0.2, 0) is 11.2 Å². The summed E-state index contributed by atoms with van der Waals surface area (Å²) >= 11 is 0. The molecule has 6 nitrogen and oxygen atoms in total.